The highest BCUT2D eigenvalue weighted by atomic mass is 32.2. The monoisotopic (exact) mass is 389 g/mol. The summed E-state index contributed by atoms with van der Waals surface area (Å²) in [6.07, 6.45) is 1.19. The number of nitrogens with zero attached hydrogens (tertiary/aromatic N) is 1. The van der Waals surface area contributed by atoms with Crippen LogP contribution in [0.2, 0.25) is 0 Å². The van der Waals surface area contributed by atoms with Gasteiger partial charge in [0.15, 0.2) is 0 Å². The molecular formula is C20H27N3O3S. The summed E-state index contributed by atoms with van der Waals surface area (Å²) < 4.78 is 26.2. The lowest BCUT2D eigenvalue weighted by molar-refractivity contribution is 0.252. The van der Waals surface area contributed by atoms with Crippen LogP contribution in [0.5, 0.6) is 0 Å². The number of carbonyl (C=O) groups is 1. The summed E-state index contributed by atoms with van der Waals surface area (Å²) in [6.45, 7) is 6.31. The molecule has 0 aliphatic carbocycles. The van der Waals surface area contributed by atoms with Crippen LogP contribution >= 0.6 is 0 Å². The number of aryl methyl sites for hydroxylation is 1. The van der Waals surface area contributed by atoms with E-state index in [1.54, 1.807) is 12.1 Å². The molecule has 27 heavy (non-hydrogen) atoms. The molecule has 2 rings (SSSR count). The molecule has 0 bridgehead atoms. The van der Waals surface area contributed by atoms with Crippen molar-refractivity contribution in [3.8, 4) is 0 Å². The van der Waals surface area contributed by atoms with E-state index in [9.17, 15) is 13.2 Å². The minimum Gasteiger partial charge on any atom is -0.336 e. The Morgan fingerprint density at radius 1 is 1.07 bits per heavy atom. The average molecular weight is 390 g/mol. The Balaban J connectivity index is 2.12. The van der Waals surface area contributed by atoms with E-state index in [4.69, 9.17) is 0 Å². The van der Waals surface area contributed by atoms with Crippen LogP contribution in [0.3, 0.4) is 0 Å². The second kappa shape index (κ2) is 8.90. The van der Waals surface area contributed by atoms with E-state index in [1.807, 2.05) is 57.2 Å². The number of benzene rings is 2. The van der Waals surface area contributed by atoms with Crippen LogP contribution in [0, 0.1) is 6.92 Å². The number of rotatable bonds is 7. The molecule has 2 aromatic rings. The van der Waals surface area contributed by atoms with Gasteiger partial charge in [0.25, 0.3) is 0 Å². The largest absolute Gasteiger partial charge is 0.336 e. The highest BCUT2D eigenvalue weighted by Crippen LogP contribution is 2.32. The highest BCUT2D eigenvalue weighted by molar-refractivity contribution is 7.92. The maximum absolute atomic E-state index is 12.4. The van der Waals surface area contributed by atoms with Crippen LogP contribution in [0.25, 0.3) is 0 Å². The molecule has 0 aliphatic rings. The van der Waals surface area contributed by atoms with Gasteiger partial charge in [0.1, 0.15) is 0 Å². The number of para-hydroxylation sites is 2. The molecule has 2 N–H and O–H groups in total. The molecule has 0 unspecified atom stereocenters. The number of amides is 2. The molecule has 6 nitrogen and oxygen atoms in total. The van der Waals surface area contributed by atoms with Crippen LogP contribution in [0.1, 0.15) is 30.9 Å². The van der Waals surface area contributed by atoms with Crippen molar-refractivity contribution in [1.29, 1.82) is 0 Å². The zero-order valence-electron chi connectivity index (χ0n) is 16.2. The summed E-state index contributed by atoms with van der Waals surface area (Å²) in [5.74, 6) is 0.179. The van der Waals surface area contributed by atoms with Crippen molar-refractivity contribution in [3.05, 3.63) is 59.7 Å². The van der Waals surface area contributed by atoms with Gasteiger partial charge in [-0.25, -0.2) is 13.2 Å². The summed E-state index contributed by atoms with van der Waals surface area (Å²) >= 11 is 0. The number of anilines is 2. The summed E-state index contributed by atoms with van der Waals surface area (Å²) in [5, 5.41) is 5.43. The van der Waals surface area contributed by atoms with Crippen LogP contribution in [-0.4, -0.2) is 33.8 Å². The number of nitrogens with one attached hydrogen (secondary N) is 2. The summed E-state index contributed by atoms with van der Waals surface area (Å²) in [6, 6.07) is 14.5. The van der Waals surface area contributed by atoms with Crippen molar-refractivity contribution in [2.45, 2.75) is 26.7 Å². The molecule has 0 saturated heterocycles. The first-order valence-electron chi connectivity index (χ1n) is 8.87. The lowest BCUT2D eigenvalue weighted by Crippen LogP contribution is -2.40. The van der Waals surface area contributed by atoms with Crippen molar-refractivity contribution < 1.29 is 13.2 Å². The van der Waals surface area contributed by atoms with E-state index in [0.717, 1.165) is 11.1 Å². The molecule has 0 aliphatic heterocycles. The van der Waals surface area contributed by atoms with Crippen molar-refractivity contribution in [2.24, 2.45) is 0 Å². The molecule has 7 heteroatoms. The van der Waals surface area contributed by atoms with Gasteiger partial charge in [-0.15, -0.1) is 0 Å². The lowest BCUT2D eigenvalue weighted by atomic mass is 9.98. The van der Waals surface area contributed by atoms with Gasteiger partial charge in [0, 0.05) is 12.2 Å². The van der Waals surface area contributed by atoms with Crippen LogP contribution in [-0.2, 0) is 10.0 Å². The Morgan fingerprint density at radius 2 is 1.74 bits per heavy atom. The average Bonchev–Trinajstić information content (AvgIpc) is 2.59. The smallest absolute Gasteiger partial charge is 0.319 e. The van der Waals surface area contributed by atoms with Crippen molar-refractivity contribution in [1.82, 2.24) is 5.32 Å². The maximum atomic E-state index is 12.4. The Hall–Kier alpha value is -2.54. The van der Waals surface area contributed by atoms with E-state index < -0.39 is 10.0 Å². The van der Waals surface area contributed by atoms with Crippen molar-refractivity contribution in [3.63, 3.8) is 0 Å². The highest BCUT2D eigenvalue weighted by Gasteiger charge is 2.23. The van der Waals surface area contributed by atoms with E-state index in [1.165, 1.54) is 10.6 Å². The van der Waals surface area contributed by atoms with Gasteiger partial charge in [0.05, 0.1) is 18.5 Å². The quantitative estimate of drug-likeness (QED) is 0.758. The van der Waals surface area contributed by atoms with Crippen molar-refractivity contribution in [2.75, 3.05) is 29.0 Å². The minimum absolute atomic E-state index is 0.158. The summed E-state index contributed by atoms with van der Waals surface area (Å²) in [7, 11) is -3.49. The lowest BCUT2D eigenvalue weighted by Gasteiger charge is -2.28. The fourth-order valence-electron chi connectivity index (χ4n) is 2.90. The standard InChI is InChI=1S/C20H27N3O3S/c1-15(2)18-12-8-9-16(3)19(18)23(27(4,25)26)14-13-21-20(24)22-17-10-6-5-7-11-17/h5-12,15H,13-14H2,1-4H3,(H2,21,22,24). The van der Waals surface area contributed by atoms with Crippen LogP contribution < -0.4 is 14.9 Å². The molecule has 0 fully saturated rings. The van der Waals surface area contributed by atoms with Gasteiger partial charge >= 0.3 is 6.03 Å². The van der Waals surface area contributed by atoms with Crippen LogP contribution in [0.4, 0.5) is 16.2 Å². The van der Waals surface area contributed by atoms with Crippen molar-refractivity contribution >= 4 is 27.4 Å². The number of sulfonamides is 1. The van der Waals surface area contributed by atoms with E-state index in [2.05, 4.69) is 10.6 Å². The summed E-state index contributed by atoms with van der Waals surface area (Å²) in [4.78, 5) is 12.0. The number of hydrogen-bond acceptors (Lipinski definition) is 3. The number of carbonyl (C=O) groups excluding carboxylic acids is 1. The molecule has 2 amide bonds. The third kappa shape index (κ3) is 5.72. The second-order valence-electron chi connectivity index (χ2n) is 6.75. The molecule has 2 aromatic carbocycles. The zero-order chi connectivity index (χ0) is 20.0. The molecule has 0 saturated carbocycles. The van der Waals surface area contributed by atoms with Gasteiger partial charge in [-0.05, 0) is 36.1 Å². The fraction of sp³-hybridized carbons (Fsp3) is 0.350. The Kier molecular flexibility index (Phi) is 6.85. The minimum atomic E-state index is -3.49. The van der Waals surface area contributed by atoms with E-state index in [-0.39, 0.29) is 25.0 Å². The molecule has 0 heterocycles. The Labute approximate surface area is 161 Å². The molecule has 0 aromatic heterocycles. The van der Waals surface area contributed by atoms with E-state index in [0.29, 0.717) is 11.4 Å². The molecule has 0 atom stereocenters. The maximum Gasteiger partial charge on any atom is 0.319 e. The number of urea groups is 1. The zero-order valence-corrected chi connectivity index (χ0v) is 17.0. The third-order valence-electron chi connectivity index (χ3n) is 4.17. The predicted molar refractivity (Wildman–Crippen MR) is 111 cm³/mol. The fourth-order valence-corrected chi connectivity index (χ4v) is 3.90. The Bertz CT molecular complexity index is 881. The van der Waals surface area contributed by atoms with Gasteiger partial charge < -0.3 is 10.6 Å². The SMILES string of the molecule is Cc1cccc(C(C)C)c1N(CCNC(=O)Nc1ccccc1)S(C)(=O)=O. The first kappa shape index (κ1) is 20.8. The molecule has 146 valence electrons. The van der Waals surface area contributed by atoms with E-state index >= 15 is 0 Å². The van der Waals surface area contributed by atoms with Gasteiger partial charge in [-0.2, -0.15) is 0 Å². The number of hydrogen-bond donors (Lipinski definition) is 2. The van der Waals surface area contributed by atoms with Gasteiger partial charge in [0.2, 0.25) is 10.0 Å². The summed E-state index contributed by atoms with van der Waals surface area (Å²) in [5.41, 5.74) is 3.23. The van der Waals surface area contributed by atoms with Gasteiger partial charge in [-0.3, -0.25) is 4.31 Å². The first-order valence-corrected chi connectivity index (χ1v) is 10.7. The Morgan fingerprint density at radius 3 is 2.33 bits per heavy atom. The van der Waals surface area contributed by atoms with Crippen LogP contribution in [0.15, 0.2) is 48.5 Å². The molecule has 0 spiro atoms. The first-order chi connectivity index (χ1) is 12.7. The topological polar surface area (TPSA) is 78.5 Å². The molecular weight excluding hydrogens is 362 g/mol. The molecule has 0 radical (unpaired) electrons. The normalized spacial score (nSPS) is 11.3. The van der Waals surface area contributed by atoms with Gasteiger partial charge in [-0.1, -0.05) is 50.2 Å². The predicted octanol–water partition coefficient (Wildman–Crippen LogP) is 3.71. The third-order valence-corrected chi connectivity index (χ3v) is 5.34. The second-order valence-corrected chi connectivity index (χ2v) is 8.66.